The SMILES string of the molecule is CCc1ccc(S(=O)(=O)N(CC)CCO)s1. The van der Waals surface area contributed by atoms with E-state index in [1.165, 1.54) is 15.6 Å². The molecule has 0 fully saturated rings. The van der Waals surface area contributed by atoms with Crippen molar-refractivity contribution in [2.24, 2.45) is 0 Å². The predicted molar refractivity (Wildman–Crippen MR) is 65.2 cm³/mol. The Morgan fingerprint density at radius 1 is 1.38 bits per heavy atom. The Morgan fingerprint density at radius 2 is 2.06 bits per heavy atom. The van der Waals surface area contributed by atoms with Crippen molar-refractivity contribution >= 4 is 21.4 Å². The lowest BCUT2D eigenvalue weighted by molar-refractivity contribution is 0.257. The maximum atomic E-state index is 12.1. The number of aliphatic hydroxyl groups excluding tert-OH is 1. The normalized spacial score (nSPS) is 12.2. The van der Waals surface area contributed by atoms with Gasteiger partial charge in [-0.1, -0.05) is 13.8 Å². The zero-order valence-corrected chi connectivity index (χ0v) is 11.1. The fraction of sp³-hybridized carbons (Fsp3) is 0.600. The monoisotopic (exact) mass is 263 g/mol. The molecular weight excluding hydrogens is 246 g/mol. The third kappa shape index (κ3) is 2.82. The molecule has 0 radical (unpaired) electrons. The Hall–Kier alpha value is -0.430. The van der Waals surface area contributed by atoms with E-state index in [-0.39, 0.29) is 13.2 Å². The van der Waals surface area contributed by atoms with Crippen molar-refractivity contribution in [2.45, 2.75) is 24.5 Å². The van der Waals surface area contributed by atoms with Gasteiger partial charge in [0.25, 0.3) is 10.0 Å². The molecule has 4 nitrogen and oxygen atoms in total. The molecule has 0 saturated carbocycles. The molecule has 0 aliphatic heterocycles. The van der Waals surface area contributed by atoms with Gasteiger partial charge in [-0.2, -0.15) is 4.31 Å². The highest BCUT2D eigenvalue weighted by Crippen LogP contribution is 2.24. The van der Waals surface area contributed by atoms with E-state index in [1.807, 2.05) is 13.0 Å². The van der Waals surface area contributed by atoms with Crippen LogP contribution in [0.3, 0.4) is 0 Å². The van der Waals surface area contributed by atoms with Crippen molar-refractivity contribution in [1.29, 1.82) is 0 Å². The van der Waals surface area contributed by atoms with Crippen LogP contribution in [-0.2, 0) is 16.4 Å². The molecule has 0 amide bonds. The van der Waals surface area contributed by atoms with Crippen molar-refractivity contribution in [3.63, 3.8) is 0 Å². The Balaban J connectivity index is 2.99. The van der Waals surface area contributed by atoms with Gasteiger partial charge in [-0.15, -0.1) is 11.3 Å². The van der Waals surface area contributed by atoms with Crippen molar-refractivity contribution < 1.29 is 13.5 Å². The van der Waals surface area contributed by atoms with E-state index in [2.05, 4.69) is 0 Å². The molecule has 1 aromatic rings. The molecule has 0 aliphatic rings. The summed E-state index contributed by atoms with van der Waals surface area (Å²) in [6.45, 7) is 4.13. The second-order valence-electron chi connectivity index (χ2n) is 3.29. The van der Waals surface area contributed by atoms with E-state index >= 15 is 0 Å². The van der Waals surface area contributed by atoms with Gasteiger partial charge < -0.3 is 5.11 Å². The summed E-state index contributed by atoms with van der Waals surface area (Å²) in [6, 6.07) is 3.48. The summed E-state index contributed by atoms with van der Waals surface area (Å²) < 4.78 is 25.9. The fourth-order valence-corrected chi connectivity index (χ4v) is 4.26. The maximum absolute atomic E-state index is 12.1. The molecule has 1 aromatic heterocycles. The van der Waals surface area contributed by atoms with Gasteiger partial charge in [-0.25, -0.2) is 8.42 Å². The van der Waals surface area contributed by atoms with Gasteiger partial charge in [0.1, 0.15) is 4.21 Å². The number of nitrogens with zero attached hydrogens (tertiary/aromatic N) is 1. The van der Waals surface area contributed by atoms with Gasteiger partial charge in [-0.3, -0.25) is 0 Å². The van der Waals surface area contributed by atoms with Gasteiger partial charge in [0.05, 0.1) is 6.61 Å². The van der Waals surface area contributed by atoms with Crippen molar-refractivity contribution in [3.05, 3.63) is 17.0 Å². The number of aliphatic hydroxyl groups is 1. The molecule has 0 saturated heterocycles. The molecule has 92 valence electrons. The molecule has 0 spiro atoms. The summed E-state index contributed by atoms with van der Waals surface area (Å²) in [6.07, 6.45) is 0.840. The minimum atomic E-state index is -3.41. The van der Waals surface area contributed by atoms with E-state index < -0.39 is 10.0 Å². The van der Waals surface area contributed by atoms with Crippen LogP contribution in [0.15, 0.2) is 16.3 Å². The van der Waals surface area contributed by atoms with Gasteiger partial charge >= 0.3 is 0 Å². The number of sulfonamides is 1. The number of hydrogen-bond acceptors (Lipinski definition) is 4. The number of hydrogen-bond donors (Lipinski definition) is 1. The van der Waals surface area contributed by atoms with Gasteiger partial charge in [0.15, 0.2) is 0 Å². The number of aryl methyl sites for hydroxylation is 1. The van der Waals surface area contributed by atoms with E-state index in [4.69, 9.17) is 5.11 Å². The summed E-state index contributed by atoms with van der Waals surface area (Å²) in [5, 5.41) is 8.83. The van der Waals surface area contributed by atoms with Crippen molar-refractivity contribution in [2.75, 3.05) is 19.7 Å². The Morgan fingerprint density at radius 3 is 2.50 bits per heavy atom. The Kier molecular flexibility index (Phi) is 4.91. The zero-order chi connectivity index (χ0) is 12.2. The maximum Gasteiger partial charge on any atom is 0.252 e. The van der Waals surface area contributed by atoms with E-state index in [1.54, 1.807) is 13.0 Å². The summed E-state index contributed by atoms with van der Waals surface area (Å²) >= 11 is 1.30. The van der Waals surface area contributed by atoms with E-state index in [0.29, 0.717) is 10.8 Å². The van der Waals surface area contributed by atoms with Crippen molar-refractivity contribution in [1.82, 2.24) is 4.31 Å². The van der Waals surface area contributed by atoms with Gasteiger partial charge in [0, 0.05) is 18.0 Å². The number of likely N-dealkylation sites (N-methyl/N-ethyl adjacent to an activating group) is 1. The first-order chi connectivity index (χ1) is 7.56. The first kappa shape index (κ1) is 13.6. The summed E-state index contributed by atoms with van der Waals surface area (Å²) in [5.74, 6) is 0. The van der Waals surface area contributed by atoms with Crippen LogP contribution in [0.1, 0.15) is 18.7 Å². The zero-order valence-electron chi connectivity index (χ0n) is 9.51. The summed E-state index contributed by atoms with van der Waals surface area (Å²) in [5.41, 5.74) is 0. The number of rotatable bonds is 6. The smallest absolute Gasteiger partial charge is 0.252 e. The molecule has 0 atom stereocenters. The fourth-order valence-electron chi connectivity index (χ4n) is 1.37. The minimum absolute atomic E-state index is 0.151. The number of thiophene rings is 1. The second kappa shape index (κ2) is 5.77. The van der Waals surface area contributed by atoms with Crippen LogP contribution < -0.4 is 0 Å². The third-order valence-corrected chi connectivity index (χ3v) is 5.95. The minimum Gasteiger partial charge on any atom is -0.395 e. The summed E-state index contributed by atoms with van der Waals surface area (Å²) in [4.78, 5) is 1.05. The largest absolute Gasteiger partial charge is 0.395 e. The average molecular weight is 263 g/mol. The molecule has 16 heavy (non-hydrogen) atoms. The van der Waals surface area contributed by atoms with Crippen LogP contribution in [0.5, 0.6) is 0 Å². The lowest BCUT2D eigenvalue weighted by Crippen LogP contribution is -2.32. The molecule has 0 unspecified atom stereocenters. The van der Waals surface area contributed by atoms with E-state index in [9.17, 15) is 8.42 Å². The molecule has 1 heterocycles. The quantitative estimate of drug-likeness (QED) is 0.842. The molecule has 1 rings (SSSR count). The first-order valence-corrected chi connectivity index (χ1v) is 7.51. The highest BCUT2D eigenvalue weighted by Gasteiger charge is 2.23. The molecule has 6 heteroatoms. The predicted octanol–water partition coefficient (Wildman–Crippen LogP) is 1.31. The Bertz CT molecular complexity index is 425. The average Bonchev–Trinajstić information content (AvgIpc) is 2.74. The summed E-state index contributed by atoms with van der Waals surface area (Å²) in [7, 11) is -3.41. The van der Waals surface area contributed by atoms with Crippen molar-refractivity contribution in [3.8, 4) is 0 Å². The van der Waals surface area contributed by atoms with Crippen LogP contribution in [0.4, 0.5) is 0 Å². The molecule has 0 aromatic carbocycles. The second-order valence-corrected chi connectivity index (χ2v) is 6.63. The van der Waals surface area contributed by atoms with Crippen LogP contribution >= 0.6 is 11.3 Å². The standard InChI is InChI=1S/C10H17NO3S2/c1-3-9-5-6-10(15-9)16(13,14)11(4-2)7-8-12/h5-6,12H,3-4,7-8H2,1-2H3. The third-order valence-electron chi connectivity index (χ3n) is 2.28. The van der Waals surface area contributed by atoms with Crippen LogP contribution in [0.2, 0.25) is 0 Å². The molecular formula is C10H17NO3S2. The lowest BCUT2D eigenvalue weighted by Gasteiger charge is -2.17. The molecule has 1 N–H and O–H groups in total. The van der Waals surface area contributed by atoms with Crippen LogP contribution in [0.25, 0.3) is 0 Å². The van der Waals surface area contributed by atoms with E-state index in [0.717, 1.165) is 11.3 Å². The highest BCUT2D eigenvalue weighted by molar-refractivity contribution is 7.91. The first-order valence-electron chi connectivity index (χ1n) is 5.26. The van der Waals surface area contributed by atoms with Gasteiger partial charge in [0.2, 0.25) is 0 Å². The van der Waals surface area contributed by atoms with Crippen LogP contribution in [0, 0.1) is 0 Å². The molecule has 0 bridgehead atoms. The Labute approximate surface area is 101 Å². The lowest BCUT2D eigenvalue weighted by atomic mass is 10.4. The molecule has 0 aliphatic carbocycles. The van der Waals surface area contributed by atoms with Gasteiger partial charge in [-0.05, 0) is 18.6 Å². The highest BCUT2D eigenvalue weighted by atomic mass is 32.2. The van der Waals surface area contributed by atoms with Crippen LogP contribution in [-0.4, -0.2) is 37.5 Å². The topological polar surface area (TPSA) is 57.6 Å².